The van der Waals surface area contributed by atoms with Crippen LogP contribution in [-0.4, -0.2) is 9.55 Å². The van der Waals surface area contributed by atoms with Crippen molar-refractivity contribution in [2.75, 3.05) is 0 Å². The highest BCUT2D eigenvalue weighted by Crippen LogP contribution is 2.39. The van der Waals surface area contributed by atoms with Crippen LogP contribution in [0.1, 0.15) is 0 Å². The molecule has 7 aromatic rings. The second-order valence-corrected chi connectivity index (χ2v) is 8.32. The molecule has 0 unspecified atom stereocenters. The van der Waals surface area contributed by atoms with Crippen LogP contribution in [0.3, 0.4) is 0 Å². The van der Waals surface area contributed by atoms with Crippen LogP contribution in [0.25, 0.3) is 60.4 Å². The van der Waals surface area contributed by atoms with E-state index in [0.29, 0.717) is 0 Å². The number of aromatic nitrogens is 2. The minimum Gasteiger partial charge on any atom is -0.354 e. The Morgan fingerprint density at radius 2 is 1.25 bits per heavy atom. The quantitative estimate of drug-likeness (QED) is 0.298. The van der Waals surface area contributed by atoms with E-state index >= 15 is 0 Å². The molecule has 0 saturated heterocycles. The first-order chi connectivity index (χ1) is 15.9. The van der Waals surface area contributed by atoms with Gasteiger partial charge < -0.3 is 9.55 Å². The summed E-state index contributed by atoms with van der Waals surface area (Å²) in [7, 11) is 0. The van der Waals surface area contributed by atoms with Gasteiger partial charge in [0.05, 0.1) is 16.6 Å². The third kappa shape index (κ3) is 2.41. The van der Waals surface area contributed by atoms with Gasteiger partial charge in [-0.25, -0.2) is 0 Å². The molecule has 2 nitrogen and oxygen atoms in total. The molecular formula is C30H20N2. The summed E-state index contributed by atoms with van der Waals surface area (Å²) in [5.41, 5.74) is 8.48. The van der Waals surface area contributed by atoms with Gasteiger partial charge in [-0.2, -0.15) is 0 Å². The van der Waals surface area contributed by atoms with Crippen LogP contribution in [0.2, 0.25) is 0 Å². The van der Waals surface area contributed by atoms with Crippen molar-refractivity contribution < 1.29 is 0 Å². The molecule has 0 spiro atoms. The smallest absolute Gasteiger partial charge is 0.0566 e. The molecule has 0 amide bonds. The molecular weight excluding hydrogens is 388 g/mol. The Morgan fingerprint density at radius 3 is 2.09 bits per heavy atom. The molecule has 2 aromatic heterocycles. The summed E-state index contributed by atoms with van der Waals surface area (Å²) in [6.07, 6.45) is 0. The predicted octanol–water partition coefficient (Wildman–Crippen LogP) is 8.09. The van der Waals surface area contributed by atoms with Crippen LogP contribution in [0, 0.1) is 0 Å². The lowest BCUT2D eigenvalue weighted by Crippen LogP contribution is -1.92. The van der Waals surface area contributed by atoms with Crippen LogP contribution in [0.5, 0.6) is 0 Å². The number of aromatic amines is 1. The van der Waals surface area contributed by atoms with E-state index in [1.807, 2.05) is 0 Å². The van der Waals surface area contributed by atoms with Crippen LogP contribution >= 0.6 is 0 Å². The molecule has 0 aliphatic rings. The van der Waals surface area contributed by atoms with Crippen molar-refractivity contribution in [2.24, 2.45) is 0 Å². The molecule has 150 valence electrons. The second-order valence-electron chi connectivity index (χ2n) is 8.32. The lowest BCUT2D eigenvalue weighted by molar-refractivity contribution is 1.18. The lowest BCUT2D eigenvalue weighted by atomic mass is 10.0. The van der Waals surface area contributed by atoms with E-state index in [2.05, 4.69) is 125 Å². The predicted molar refractivity (Wildman–Crippen MR) is 136 cm³/mol. The Hall–Kier alpha value is -4.30. The summed E-state index contributed by atoms with van der Waals surface area (Å²) in [4.78, 5) is 3.74. The average molecular weight is 409 g/mol. The van der Waals surface area contributed by atoms with Crippen molar-refractivity contribution in [3.8, 4) is 16.8 Å². The maximum Gasteiger partial charge on any atom is 0.0566 e. The van der Waals surface area contributed by atoms with Gasteiger partial charge >= 0.3 is 0 Å². The molecule has 5 aromatic carbocycles. The molecule has 0 atom stereocenters. The zero-order chi connectivity index (χ0) is 21.1. The van der Waals surface area contributed by atoms with E-state index in [4.69, 9.17) is 0 Å². The lowest BCUT2D eigenvalue weighted by Gasteiger charge is -2.07. The third-order valence-electron chi connectivity index (χ3n) is 6.53. The van der Waals surface area contributed by atoms with Gasteiger partial charge in [-0.05, 0) is 47.5 Å². The molecule has 32 heavy (non-hydrogen) atoms. The summed E-state index contributed by atoms with van der Waals surface area (Å²) < 4.78 is 2.37. The highest BCUT2D eigenvalue weighted by Gasteiger charge is 2.17. The number of benzene rings is 5. The zero-order valence-electron chi connectivity index (χ0n) is 17.4. The van der Waals surface area contributed by atoms with E-state index in [9.17, 15) is 0 Å². The molecule has 2 heteroatoms. The Morgan fingerprint density at radius 1 is 0.500 bits per heavy atom. The summed E-state index contributed by atoms with van der Waals surface area (Å²) in [5, 5.41) is 5.08. The normalized spacial score (nSPS) is 11.8. The third-order valence-corrected chi connectivity index (χ3v) is 6.53. The summed E-state index contributed by atoms with van der Waals surface area (Å²) >= 11 is 0. The van der Waals surface area contributed by atoms with E-state index < -0.39 is 0 Å². The van der Waals surface area contributed by atoms with E-state index in [0.717, 1.165) is 0 Å². The fraction of sp³-hybridized carbons (Fsp3) is 0. The number of nitrogens with zero attached hydrogens (tertiary/aromatic N) is 1. The van der Waals surface area contributed by atoms with Crippen molar-refractivity contribution in [1.29, 1.82) is 0 Å². The molecule has 0 bridgehead atoms. The van der Waals surface area contributed by atoms with Gasteiger partial charge in [0.25, 0.3) is 0 Å². The van der Waals surface area contributed by atoms with Crippen molar-refractivity contribution in [3.63, 3.8) is 0 Å². The molecule has 0 fully saturated rings. The van der Waals surface area contributed by atoms with Gasteiger partial charge in [-0.15, -0.1) is 0 Å². The van der Waals surface area contributed by atoms with Crippen LogP contribution < -0.4 is 0 Å². The van der Waals surface area contributed by atoms with Gasteiger partial charge in [0, 0.05) is 32.7 Å². The molecule has 2 heterocycles. The fourth-order valence-electron chi connectivity index (χ4n) is 5.09. The highest BCUT2D eigenvalue weighted by molar-refractivity contribution is 6.25. The fourth-order valence-corrected chi connectivity index (χ4v) is 5.09. The van der Waals surface area contributed by atoms with Crippen molar-refractivity contribution in [3.05, 3.63) is 115 Å². The number of hydrogen-bond acceptors (Lipinski definition) is 0. The average Bonchev–Trinajstić information content (AvgIpc) is 3.40. The van der Waals surface area contributed by atoms with Crippen LogP contribution in [0.15, 0.2) is 115 Å². The number of para-hydroxylation sites is 2. The number of fused-ring (bicyclic) bond motifs is 7. The highest BCUT2D eigenvalue weighted by atomic mass is 15.0. The summed E-state index contributed by atoms with van der Waals surface area (Å²) in [6.45, 7) is 0. The molecule has 0 radical (unpaired) electrons. The summed E-state index contributed by atoms with van der Waals surface area (Å²) in [6, 6.07) is 41.2. The Balaban J connectivity index is 1.59. The number of rotatable bonds is 2. The molecule has 0 aliphatic heterocycles. The minimum atomic E-state index is 1.17. The monoisotopic (exact) mass is 408 g/mol. The SMILES string of the molecule is c1ccc(-c2ccc3[nH]c4c(ccc5c4c4ccccc4n5-c4ccccc4)c3c2)cc1. The maximum absolute atomic E-state index is 3.74. The maximum atomic E-state index is 3.74. The Bertz CT molecular complexity index is 1750. The van der Waals surface area contributed by atoms with Crippen molar-refractivity contribution in [1.82, 2.24) is 9.55 Å². The topological polar surface area (TPSA) is 20.7 Å². The first-order valence-electron chi connectivity index (χ1n) is 11.0. The van der Waals surface area contributed by atoms with E-state index in [1.165, 1.54) is 60.4 Å². The summed E-state index contributed by atoms with van der Waals surface area (Å²) in [5.74, 6) is 0. The van der Waals surface area contributed by atoms with Gasteiger partial charge in [-0.1, -0.05) is 78.9 Å². The van der Waals surface area contributed by atoms with Crippen molar-refractivity contribution >= 4 is 43.6 Å². The standard InChI is InChI=1S/C30H20N2/c1-3-9-20(10-4-1)21-15-17-26-25(19-21)23-16-18-28-29(30(23)31-26)24-13-7-8-14-27(24)32(28)22-11-5-2-6-12-22/h1-19,31H. The molecule has 0 aliphatic carbocycles. The molecule has 7 rings (SSSR count). The number of hydrogen-bond donors (Lipinski definition) is 1. The number of nitrogens with one attached hydrogen (secondary N) is 1. The first-order valence-corrected chi connectivity index (χ1v) is 11.0. The largest absolute Gasteiger partial charge is 0.354 e. The second kappa shape index (κ2) is 6.60. The molecule has 1 N–H and O–H groups in total. The zero-order valence-corrected chi connectivity index (χ0v) is 17.4. The van der Waals surface area contributed by atoms with E-state index in [-0.39, 0.29) is 0 Å². The van der Waals surface area contributed by atoms with Gasteiger partial charge in [-0.3, -0.25) is 0 Å². The van der Waals surface area contributed by atoms with E-state index in [1.54, 1.807) is 0 Å². The van der Waals surface area contributed by atoms with Crippen LogP contribution in [0.4, 0.5) is 0 Å². The van der Waals surface area contributed by atoms with Crippen LogP contribution in [-0.2, 0) is 0 Å². The van der Waals surface area contributed by atoms with Gasteiger partial charge in [0.1, 0.15) is 0 Å². The Kier molecular flexibility index (Phi) is 3.58. The number of H-pyrrole nitrogens is 1. The Labute approximate surface area is 185 Å². The first kappa shape index (κ1) is 17.4. The van der Waals surface area contributed by atoms with Gasteiger partial charge in [0.2, 0.25) is 0 Å². The van der Waals surface area contributed by atoms with Gasteiger partial charge in [0.15, 0.2) is 0 Å². The van der Waals surface area contributed by atoms with Crippen molar-refractivity contribution in [2.45, 2.75) is 0 Å². The molecule has 0 saturated carbocycles. The minimum absolute atomic E-state index is 1.17.